The number of para-hydroxylation sites is 3. The maximum atomic E-state index is 13.2. The maximum absolute atomic E-state index is 13.2. The van der Waals surface area contributed by atoms with E-state index in [4.69, 9.17) is 9.72 Å². The molecule has 29 heavy (non-hydrogen) atoms. The van der Waals surface area contributed by atoms with Crippen molar-refractivity contribution in [3.63, 3.8) is 0 Å². The van der Waals surface area contributed by atoms with Crippen LogP contribution >= 0.6 is 11.3 Å². The van der Waals surface area contributed by atoms with Gasteiger partial charge in [-0.1, -0.05) is 35.6 Å². The fourth-order valence-corrected chi connectivity index (χ4v) is 4.37. The van der Waals surface area contributed by atoms with E-state index in [0.29, 0.717) is 48.5 Å². The van der Waals surface area contributed by atoms with E-state index in [1.165, 1.54) is 11.3 Å². The van der Waals surface area contributed by atoms with E-state index in [9.17, 15) is 4.79 Å². The molecule has 1 aliphatic rings. The Morgan fingerprint density at radius 3 is 2.55 bits per heavy atom. The molecule has 1 N–H and O–H groups in total. The van der Waals surface area contributed by atoms with Crippen LogP contribution in [0.1, 0.15) is 16.1 Å². The summed E-state index contributed by atoms with van der Waals surface area (Å²) in [5.74, 6) is 0.281. The number of benzene rings is 2. The van der Waals surface area contributed by atoms with Gasteiger partial charge in [-0.15, -0.1) is 0 Å². The first-order valence-corrected chi connectivity index (χ1v) is 10.3. The summed E-state index contributed by atoms with van der Waals surface area (Å²) in [4.78, 5) is 29.2. The third kappa shape index (κ3) is 3.41. The fraction of sp³-hybridized carbons (Fsp3) is 0.238. The molecular formula is C21H19N5O2S. The van der Waals surface area contributed by atoms with E-state index in [0.717, 1.165) is 21.3 Å². The SMILES string of the molecule is Cc1cccc2sc(NC(=O)c3nc4ccccc4nc3N3CCOCC3)nc12. The molecular weight excluding hydrogens is 386 g/mol. The number of aryl methyl sites for hydroxylation is 1. The number of aromatic nitrogens is 3. The summed E-state index contributed by atoms with van der Waals surface area (Å²) in [6.45, 7) is 4.57. The van der Waals surface area contributed by atoms with Gasteiger partial charge in [0.1, 0.15) is 0 Å². The standard InChI is InChI=1S/C21H19N5O2S/c1-13-5-4-8-16-17(13)24-21(29-16)25-20(27)18-19(26-9-11-28-12-10-26)23-15-7-3-2-6-14(15)22-18/h2-8H,9-12H2,1H3,(H,24,25,27). The predicted molar refractivity (Wildman–Crippen MR) is 115 cm³/mol. The summed E-state index contributed by atoms with van der Waals surface area (Å²) in [7, 11) is 0. The summed E-state index contributed by atoms with van der Waals surface area (Å²) in [5.41, 5.74) is 3.75. The lowest BCUT2D eigenvalue weighted by Crippen LogP contribution is -2.38. The minimum atomic E-state index is -0.304. The molecule has 0 bridgehead atoms. The Balaban J connectivity index is 1.54. The molecule has 2 aromatic heterocycles. The molecule has 2 aromatic carbocycles. The normalized spacial score (nSPS) is 14.4. The Hall–Kier alpha value is -3.10. The van der Waals surface area contributed by atoms with E-state index in [2.05, 4.69) is 20.2 Å². The van der Waals surface area contributed by atoms with Gasteiger partial charge in [0.05, 0.1) is 34.5 Å². The highest BCUT2D eigenvalue weighted by Gasteiger charge is 2.24. The van der Waals surface area contributed by atoms with Gasteiger partial charge in [-0.05, 0) is 30.7 Å². The minimum absolute atomic E-state index is 0.304. The number of ether oxygens (including phenoxy) is 1. The zero-order valence-electron chi connectivity index (χ0n) is 15.9. The number of carbonyl (C=O) groups is 1. The molecule has 0 atom stereocenters. The first-order chi connectivity index (χ1) is 14.2. The van der Waals surface area contributed by atoms with E-state index in [-0.39, 0.29) is 5.91 Å². The van der Waals surface area contributed by atoms with Gasteiger partial charge >= 0.3 is 0 Å². The molecule has 0 aliphatic carbocycles. The predicted octanol–water partition coefficient (Wildman–Crippen LogP) is 3.64. The van der Waals surface area contributed by atoms with Crippen molar-refractivity contribution in [2.45, 2.75) is 6.92 Å². The Morgan fingerprint density at radius 1 is 1.03 bits per heavy atom. The molecule has 1 aliphatic heterocycles. The number of amides is 1. The summed E-state index contributed by atoms with van der Waals surface area (Å²) >= 11 is 1.45. The number of morpholine rings is 1. The van der Waals surface area contributed by atoms with Gasteiger partial charge in [-0.25, -0.2) is 15.0 Å². The van der Waals surface area contributed by atoms with Crippen LogP contribution in [0.15, 0.2) is 42.5 Å². The monoisotopic (exact) mass is 405 g/mol. The lowest BCUT2D eigenvalue weighted by atomic mass is 10.2. The van der Waals surface area contributed by atoms with E-state index >= 15 is 0 Å². The van der Waals surface area contributed by atoms with Crippen molar-refractivity contribution in [2.24, 2.45) is 0 Å². The van der Waals surface area contributed by atoms with E-state index < -0.39 is 0 Å². The molecule has 0 saturated carbocycles. The van der Waals surface area contributed by atoms with Gasteiger partial charge in [-0.2, -0.15) is 0 Å². The molecule has 1 fully saturated rings. The fourth-order valence-electron chi connectivity index (χ4n) is 3.43. The van der Waals surface area contributed by atoms with Gasteiger partial charge in [-0.3, -0.25) is 10.1 Å². The van der Waals surface area contributed by atoms with Crippen LogP contribution in [-0.2, 0) is 4.74 Å². The molecule has 0 unspecified atom stereocenters. The molecule has 4 aromatic rings. The highest BCUT2D eigenvalue weighted by atomic mass is 32.1. The van der Waals surface area contributed by atoms with Crippen LogP contribution in [0.3, 0.4) is 0 Å². The topological polar surface area (TPSA) is 80.2 Å². The minimum Gasteiger partial charge on any atom is -0.378 e. The molecule has 0 spiro atoms. The summed E-state index contributed by atoms with van der Waals surface area (Å²) in [6, 6.07) is 13.6. The first-order valence-electron chi connectivity index (χ1n) is 9.46. The second-order valence-corrected chi connectivity index (χ2v) is 7.91. The Labute approximate surface area is 171 Å². The number of nitrogens with zero attached hydrogens (tertiary/aromatic N) is 4. The van der Waals surface area contributed by atoms with Crippen LogP contribution in [0.25, 0.3) is 21.3 Å². The number of thiazole rings is 1. The van der Waals surface area contributed by atoms with E-state index in [1.54, 1.807) is 0 Å². The van der Waals surface area contributed by atoms with Crippen LogP contribution in [0, 0.1) is 6.92 Å². The third-order valence-electron chi connectivity index (χ3n) is 4.92. The highest BCUT2D eigenvalue weighted by Crippen LogP contribution is 2.29. The lowest BCUT2D eigenvalue weighted by molar-refractivity contribution is 0.102. The smallest absolute Gasteiger partial charge is 0.279 e. The Bertz CT molecular complexity index is 1220. The summed E-state index contributed by atoms with van der Waals surface area (Å²) in [6.07, 6.45) is 0. The molecule has 3 heterocycles. The number of hydrogen-bond donors (Lipinski definition) is 1. The molecule has 1 saturated heterocycles. The van der Waals surface area contributed by atoms with Crippen molar-refractivity contribution in [1.29, 1.82) is 0 Å². The van der Waals surface area contributed by atoms with Crippen LogP contribution < -0.4 is 10.2 Å². The Kier molecular flexibility index (Phi) is 4.57. The van der Waals surface area contributed by atoms with Gasteiger partial charge in [0.2, 0.25) is 0 Å². The largest absolute Gasteiger partial charge is 0.378 e. The number of anilines is 2. The van der Waals surface area contributed by atoms with Crippen molar-refractivity contribution in [3.8, 4) is 0 Å². The number of rotatable bonds is 3. The molecule has 5 rings (SSSR count). The van der Waals surface area contributed by atoms with Gasteiger partial charge < -0.3 is 9.64 Å². The van der Waals surface area contributed by atoms with Crippen molar-refractivity contribution < 1.29 is 9.53 Å². The van der Waals surface area contributed by atoms with Crippen molar-refractivity contribution in [2.75, 3.05) is 36.5 Å². The Morgan fingerprint density at radius 2 is 1.79 bits per heavy atom. The van der Waals surface area contributed by atoms with Crippen molar-refractivity contribution >= 4 is 49.4 Å². The molecule has 7 nitrogen and oxygen atoms in total. The first kappa shape index (κ1) is 18.0. The second-order valence-electron chi connectivity index (χ2n) is 6.88. The molecule has 146 valence electrons. The van der Waals surface area contributed by atoms with E-state index in [1.807, 2.05) is 49.4 Å². The lowest BCUT2D eigenvalue weighted by Gasteiger charge is -2.28. The second kappa shape index (κ2) is 7.38. The number of fused-ring (bicyclic) bond motifs is 2. The number of hydrogen-bond acceptors (Lipinski definition) is 7. The maximum Gasteiger partial charge on any atom is 0.279 e. The van der Waals surface area contributed by atoms with Gasteiger partial charge in [0.15, 0.2) is 16.6 Å². The highest BCUT2D eigenvalue weighted by molar-refractivity contribution is 7.22. The van der Waals surface area contributed by atoms with Gasteiger partial charge in [0, 0.05) is 13.1 Å². The number of carbonyl (C=O) groups excluding carboxylic acids is 1. The number of nitrogens with one attached hydrogen (secondary N) is 1. The van der Waals surface area contributed by atoms with Crippen molar-refractivity contribution in [3.05, 3.63) is 53.7 Å². The van der Waals surface area contributed by atoms with Crippen LogP contribution in [0.2, 0.25) is 0 Å². The van der Waals surface area contributed by atoms with Crippen molar-refractivity contribution in [1.82, 2.24) is 15.0 Å². The third-order valence-corrected chi connectivity index (χ3v) is 5.86. The molecule has 0 radical (unpaired) electrons. The average molecular weight is 405 g/mol. The van der Waals surface area contributed by atoms with Crippen LogP contribution in [0.5, 0.6) is 0 Å². The summed E-state index contributed by atoms with van der Waals surface area (Å²) in [5, 5.41) is 3.48. The van der Waals surface area contributed by atoms with Crippen LogP contribution in [0.4, 0.5) is 10.9 Å². The quantitative estimate of drug-likeness (QED) is 0.561. The van der Waals surface area contributed by atoms with Gasteiger partial charge in [0.25, 0.3) is 5.91 Å². The molecule has 8 heteroatoms. The zero-order valence-corrected chi connectivity index (χ0v) is 16.7. The zero-order chi connectivity index (χ0) is 19.8. The van der Waals surface area contributed by atoms with Crippen LogP contribution in [-0.4, -0.2) is 47.2 Å². The average Bonchev–Trinajstić information content (AvgIpc) is 3.17. The molecule has 1 amide bonds. The summed E-state index contributed by atoms with van der Waals surface area (Å²) < 4.78 is 6.49.